The van der Waals surface area contributed by atoms with E-state index in [1.807, 2.05) is 18.2 Å². The average Bonchev–Trinajstić information content (AvgIpc) is 3.20. The van der Waals surface area contributed by atoms with Crippen molar-refractivity contribution in [2.75, 3.05) is 33.4 Å². The van der Waals surface area contributed by atoms with Crippen LogP contribution in [0.5, 0.6) is 0 Å². The Kier molecular flexibility index (Phi) is 5.65. The fourth-order valence-electron chi connectivity index (χ4n) is 2.90. The summed E-state index contributed by atoms with van der Waals surface area (Å²) in [7, 11) is 1.62. The lowest BCUT2D eigenvalue weighted by atomic mass is 10.2. The van der Waals surface area contributed by atoms with Crippen molar-refractivity contribution in [2.24, 2.45) is 0 Å². The molecule has 1 aromatic carbocycles. The van der Waals surface area contributed by atoms with Gasteiger partial charge in [-0.15, -0.1) is 0 Å². The van der Waals surface area contributed by atoms with E-state index in [1.165, 1.54) is 15.5 Å². The van der Waals surface area contributed by atoms with Crippen molar-refractivity contribution in [3.63, 3.8) is 0 Å². The third-order valence-electron chi connectivity index (χ3n) is 4.20. The van der Waals surface area contributed by atoms with Crippen LogP contribution >= 0.6 is 11.5 Å². The summed E-state index contributed by atoms with van der Waals surface area (Å²) in [6.45, 7) is 2.36. The molecular formula is C17H22N2O4S. The molecule has 0 radical (unpaired) electrons. The first-order valence-electron chi connectivity index (χ1n) is 8.16. The van der Waals surface area contributed by atoms with E-state index in [2.05, 4.69) is 0 Å². The number of carbonyl (C=O) groups is 1. The van der Waals surface area contributed by atoms with Crippen LogP contribution in [0, 0.1) is 0 Å². The smallest absolute Gasteiger partial charge is 0.268 e. The second-order valence-corrected chi connectivity index (χ2v) is 6.96. The maximum atomic E-state index is 12.7. The van der Waals surface area contributed by atoms with Gasteiger partial charge in [-0.1, -0.05) is 23.7 Å². The molecule has 1 saturated heterocycles. The van der Waals surface area contributed by atoms with Crippen LogP contribution < -0.4 is 5.56 Å². The third kappa shape index (κ3) is 3.85. The molecule has 6 nitrogen and oxygen atoms in total. The van der Waals surface area contributed by atoms with E-state index >= 15 is 0 Å². The SMILES string of the molecule is COCCN(C[C@@H]1CCCO1)C(=O)Cn1sc2ccccc2c1=O. The minimum Gasteiger partial charge on any atom is -0.383 e. The van der Waals surface area contributed by atoms with Crippen molar-refractivity contribution in [3.8, 4) is 0 Å². The zero-order valence-corrected chi connectivity index (χ0v) is 14.6. The van der Waals surface area contributed by atoms with Gasteiger partial charge in [0.1, 0.15) is 6.54 Å². The Bertz CT molecular complexity index is 748. The van der Waals surface area contributed by atoms with Crippen molar-refractivity contribution in [2.45, 2.75) is 25.5 Å². The van der Waals surface area contributed by atoms with E-state index in [-0.39, 0.29) is 24.1 Å². The number of fused-ring (bicyclic) bond motifs is 1. The summed E-state index contributed by atoms with van der Waals surface area (Å²) >= 11 is 1.33. The summed E-state index contributed by atoms with van der Waals surface area (Å²) in [6.07, 6.45) is 2.09. The fraction of sp³-hybridized carbons (Fsp3) is 0.529. The van der Waals surface area contributed by atoms with Crippen molar-refractivity contribution in [1.82, 2.24) is 8.86 Å². The Hall–Kier alpha value is -1.70. The monoisotopic (exact) mass is 350 g/mol. The summed E-state index contributed by atoms with van der Waals surface area (Å²) < 4.78 is 13.2. The van der Waals surface area contributed by atoms with Crippen LogP contribution in [0.15, 0.2) is 29.1 Å². The van der Waals surface area contributed by atoms with Crippen LogP contribution in [-0.2, 0) is 20.8 Å². The van der Waals surface area contributed by atoms with Gasteiger partial charge in [0.05, 0.1) is 22.8 Å². The number of nitrogens with zero attached hydrogens (tertiary/aromatic N) is 2. The molecule has 1 atom stereocenters. The van der Waals surface area contributed by atoms with E-state index in [4.69, 9.17) is 9.47 Å². The number of carbonyl (C=O) groups excluding carboxylic acids is 1. The summed E-state index contributed by atoms with van der Waals surface area (Å²) in [5, 5.41) is 0.665. The molecule has 7 heteroatoms. The highest BCUT2D eigenvalue weighted by Crippen LogP contribution is 2.17. The van der Waals surface area contributed by atoms with Crippen LogP contribution in [0.4, 0.5) is 0 Å². The van der Waals surface area contributed by atoms with Crippen LogP contribution in [-0.4, -0.2) is 54.3 Å². The highest BCUT2D eigenvalue weighted by molar-refractivity contribution is 7.13. The molecule has 3 rings (SSSR count). The molecule has 24 heavy (non-hydrogen) atoms. The topological polar surface area (TPSA) is 60.8 Å². The molecule has 0 saturated carbocycles. The van der Waals surface area contributed by atoms with Gasteiger partial charge in [0.2, 0.25) is 5.91 Å². The first-order valence-corrected chi connectivity index (χ1v) is 8.93. The molecule has 2 aromatic rings. The lowest BCUT2D eigenvalue weighted by Gasteiger charge is -2.25. The van der Waals surface area contributed by atoms with Gasteiger partial charge < -0.3 is 14.4 Å². The van der Waals surface area contributed by atoms with E-state index in [9.17, 15) is 9.59 Å². The Balaban J connectivity index is 1.73. The van der Waals surface area contributed by atoms with Crippen molar-refractivity contribution in [3.05, 3.63) is 34.6 Å². The Morgan fingerprint density at radius 1 is 1.46 bits per heavy atom. The molecule has 0 unspecified atom stereocenters. The Morgan fingerprint density at radius 2 is 2.29 bits per heavy atom. The second kappa shape index (κ2) is 7.92. The quantitative estimate of drug-likeness (QED) is 0.763. The number of rotatable bonds is 7. The van der Waals surface area contributed by atoms with Crippen molar-refractivity contribution < 1.29 is 14.3 Å². The van der Waals surface area contributed by atoms with E-state index in [0.717, 1.165) is 24.1 Å². The van der Waals surface area contributed by atoms with E-state index in [1.54, 1.807) is 18.1 Å². The number of hydrogen-bond donors (Lipinski definition) is 0. The Labute approximate surface area is 144 Å². The van der Waals surface area contributed by atoms with Gasteiger partial charge in [-0.3, -0.25) is 13.5 Å². The van der Waals surface area contributed by atoms with Gasteiger partial charge in [0.25, 0.3) is 5.56 Å². The number of benzene rings is 1. The lowest BCUT2D eigenvalue weighted by Crippen LogP contribution is -2.41. The zero-order valence-electron chi connectivity index (χ0n) is 13.8. The third-order valence-corrected chi connectivity index (χ3v) is 5.27. The lowest BCUT2D eigenvalue weighted by molar-refractivity contribution is -0.134. The van der Waals surface area contributed by atoms with Gasteiger partial charge in [0, 0.05) is 26.8 Å². The molecule has 1 fully saturated rings. The van der Waals surface area contributed by atoms with Crippen LogP contribution in [0.2, 0.25) is 0 Å². The highest BCUT2D eigenvalue weighted by Gasteiger charge is 2.23. The zero-order chi connectivity index (χ0) is 16.9. The minimum atomic E-state index is -0.104. The van der Waals surface area contributed by atoms with Gasteiger partial charge >= 0.3 is 0 Å². The predicted molar refractivity (Wildman–Crippen MR) is 93.5 cm³/mol. The van der Waals surface area contributed by atoms with Gasteiger partial charge in [-0.25, -0.2) is 0 Å². The van der Waals surface area contributed by atoms with E-state index in [0.29, 0.717) is 25.1 Å². The summed E-state index contributed by atoms with van der Waals surface area (Å²) in [6, 6.07) is 7.43. The number of hydrogen-bond acceptors (Lipinski definition) is 5. The molecule has 2 heterocycles. The average molecular weight is 350 g/mol. The molecule has 0 bridgehead atoms. The molecule has 1 amide bonds. The molecule has 130 valence electrons. The molecular weight excluding hydrogens is 328 g/mol. The number of ether oxygens (including phenoxy) is 2. The minimum absolute atomic E-state index is 0.0641. The first kappa shape index (κ1) is 17.1. The molecule has 1 aliphatic rings. The standard InChI is InChI=1S/C17H22N2O4S/c1-22-10-8-18(11-13-5-4-9-23-13)16(20)12-19-17(21)14-6-2-3-7-15(14)24-19/h2-3,6-7,13H,4-5,8-12H2,1H3/t13-/m0/s1. The van der Waals surface area contributed by atoms with Gasteiger partial charge in [0.15, 0.2) is 0 Å². The highest BCUT2D eigenvalue weighted by atomic mass is 32.1. The number of aromatic nitrogens is 1. The van der Waals surface area contributed by atoms with Gasteiger partial charge in [-0.2, -0.15) is 0 Å². The second-order valence-electron chi connectivity index (χ2n) is 5.90. The van der Waals surface area contributed by atoms with Crippen molar-refractivity contribution >= 4 is 27.5 Å². The molecule has 0 aliphatic carbocycles. The maximum Gasteiger partial charge on any atom is 0.268 e. The molecule has 1 aliphatic heterocycles. The molecule has 1 aromatic heterocycles. The number of amides is 1. The summed E-state index contributed by atoms with van der Waals surface area (Å²) in [5.74, 6) is -0.0730. The summed E-state index contributed by atoms with van der Waals surface area (Å²) in [4.78, 5) is 26.8. The largest absolute Gasteiger partial charge is 0.383 e. The maximum absolute atomic E-state index is 12.7. The van der Waals surface area contributed by atoms with E-state index < -0.39 is 0 Å². The Morgan fingerprint density at radius 3 is 3.00 bits per heavy atom. The fourth-order valence-corrected chi connectivity index (χ4v) is 3.88. The first-order chi connectivity index (χ1) is 11.7. The number of methoxy groups -OCH3 is 1. The molecule has 0 N–H and O–H groups in total. The predicted octanol–water partition coefficient (Wildman–Crippen LogP) is 1.72. The van der Waals surface area contributed by atoms with Crippen LogP contribution in [0.1, 0.15) is 12.8 Å². The van der Waals surface area contributed by atoms with Crippen molar-refractivity contribution in [1.29, 1.82) is 0 Å². The van der Waals surface area contributed by atoms with Gasteiger partial charge in [-0.05, 0) is 25.0 Å². The van der Waals surface area contributed by atoms with Crippen LogP contribution in [0.3, 0.4) is 0 Å². The normalized spacial score (nSPS) is 17.5. The van der Waals surface area contributed by atoms with Crippen LogP contribution in [0.25, 0.3) is 10.1 Å². The summed E-state index contributed by atoms with van der Waals surface area (Å²) in [5.41, 5.74) is -0.104. The molecule has 0 spiro atoms.